The quantitative estimate of drug-likeness (QED) is 0.471. The maximum Gasteiger partial charge on any atom is 0.287 e. The molecule has 2 aromatic carbocycles. The van der Waals surface area contributed by atoms with Crippen LogP contribution in [0.1, 0.15) is 46.4 Å². The number of benzene rings is 2. The molecule has 0 unspecified atom stereocenters. The molecular formula is C25H21Cl3N2O3. The maximum absolute atomic E-state index is 13.2. The summed E-state index contributed by atoms with van der Waals surface area (Å²) in [5, 5.41) is 7.82. The molecule has 1 saturated carbocycles. The zero-order valence-electron chi connectivity index (χ0n) is 17.5. The van der Waals surface area contributed by atoms with Crippen LogP contribution in [0.3, 0.4) is 0 Å². The topological polar surface area (TPSA) is 71.3 Å². The summed E-state index contributed by atoms with van der Waals surface area (Å²) in [6.07, 6.45) is 2.56. The fraction of sp³-hybridized carbons (Fsp3) is 0.280. The van der Waals surface area contributed by atoms with Gasteiger partial charge in [-0.15, -0.1) is 0 Å². The highest BCUT2D eigenvalue weighted by Gasteiger charge is 2.58. The van der Waals surface area contributed by atoms with Gasteiger partial charge < -0.3 is 15.1 Å². The van der Waals surface area contributed by atoms with Crippen LogP contribution in [0, 0.1) is 5.92 Å². The number of halogens is 3. The Bertz CT molecular complexity index is 1200. The van der Waals surface area contributed by atoms with Gasteiger partial charge in [0.25, 0.3) is 5.91 Å². The van der Waals surface area contributed by atoms with E-state index in [0.29, 0.717) is 34.5 Å². The molecule has 5 nitrogen and oxygen atoms in total. The van der Waals surface area contributed by atoms with E-state index in [1.165, 1.54) is 6.26 Å². The third kappa shape index (κ3) is 3.92. The first-order valence-electron chi connectivity index (χ1n) is 10.7. The van der Waals surface area contributed by atoms with Crippen molar-refractivity contribution in [2.24, 2.45) is 5.92 Å². The first kappa shape index (κ1) is 22.3. The minimum absolute atomic E-state index is 0.0299. The molecule has 2 aliphatic rings. The number of hydrogen-bond acceptors (Lipinski definition) is 3. The molecule has 8 heteroatoms. The van der Waals surface area contributed by atoms with Crippen LogP contribution in [-0.2, 0) is 4.79 Å². The van der Waals surface area contributed by atoms with Crippen LogP contribution < -0.4 is 10.6 Å². The summed E-state index contributed by atoms with van der Waals surface area (Å²) in [6.45, 7) is 0.437. The van der Waals surface area contributed by atoms with Crippen LogP contribution in [0.25, 0.3) is 0 Å². The molecule has 0 spiro atoms. The molecule has 3 aromatic rings. The summed E-state index contributed by atoms with van der Waals surface area (Å²) in [4.78, 5) is 26.2. The van der Waals surface area contributed by atoms with Gasteiger partial charge in [-0.05, 0) is 72.2 Å². The number of rotatable bonds is 4. The minimum atomic E-state index is -1.05. The Hall–Kier alpha value is -2.47. The number of carbonyl (C=O) groups is 2. The van der Waals surface area contributed by atoms with E-state index in [1.54, 1.807) is 18.2 Å². The monoisotopic (exact) mass is 502 g/mol. The Balaban J connectivity index is 1.59. The molecule has 1 saturated heterocycles. The summed E-state index contributed by atoms with van der Waals surface area (Å²) >= 11 is 18.9. The highest BCUT2D eigenvalue weighted by atomic mass is 35.5. The zero-order valence-corrected chi connectivity index (χ0v) is 19.8. The van der Waals surface area contributed by atoms with Crippen molar-refractivity contribution in [3.63, 3.8) is 0 Å². The lowest BCUT2D eigenvalue weighted by Gasteiger charge is -2.46. The van der Waals surface area contributed by atoms with Crippen molar-refractivity contribution in [1.29, 1.82) is 0 Å². The molecule has 2 fully saturated rings. The summed E-state index contributed by atoms with van der Waals surface area (Å²) in [7, 11) is 0. The van der Waals surface area contributed by atoms with Gasteiger partial charge in [0.2, 0.25) is 5.91 Å². The average Bonchev–Trinajstić information content (AvgIpc) is 3.44. The maximum atomic E-state index is 13.2. The van der Waals surface area contributed by atoms with Crippen molar-refractivity contribution in [2.45, 2.75) is 30.2 Å². The molecule has 1 aliphatic carbocycles. The van der Waals surface area contributed by atoms with Gasteiger partial charge in [0, 0.05) is 27.5 Å². The van der Waals surface area contributed by atoms with Crippen LogP contribution in [0.4, 0.5) is 0 Å². The smallest absolute Gasteiger partial charge is 0.287 e. The van der Waals surface area contributed by atoms with Crippen LogP contribution in [0.5, 0.6) is 0 Å². The Morgan fingerprint density at radius 1 is 1.06 bits per heavy atom. The third-order valence-corrected chi connectivity index (χ3v) is 7.75. The van der Waals surface area contributed by atoms with E-state index >= 15 is 0 Å². The zero-order chi connectivity index (χ0) is 23.2. The Labute approximate surface area is 206 Å². The summed E-state index contributed by atoms with van der Waals surface area (Å²) in [5.41, 5.74) is 0.961. The van der Waals surface area contributed by atoms with Crippen molar-refractivity contribution < 1.29 is 14.0 Å². The van der Waals surface area contributed by atoms with E-state index in [9.17, 15) is 9.59 Å². The highest BCUT2D eigenvalue weighted by molar-refractivity contribution is 6.35. The SMILES string of the molecule is O=C(N[C@@]12CC[C@@H](c3ccc(Cl)cc3Cl)[C@H](c3ccc(Cl)cc3)[C@@H]1CNC2=O)c1ccco1. The Morgan fingerprint density at radius 2 is 1.82 bits per heavy atom. The van der Waals surface area contributed by atoms with Crippen LogP contribution in [-0.4, -0.2) is 23.9 Å². The second-order valence-electron chi connectivity index (χ2n) is 8.61. The normalized spacial score (nSPS) is 26.5. The lowest BCUT2D eigenvalue weighted by Crippen LogP contribution is -2.60. The van der Waals surface area contributed by atoms with E-state index in [-0.39, 0.29) is 29.4 Å². The second-order valence-corrected chi connectivity index (χ2v) is 9.89. The average molecular weight is 504 g/mol. The third-order valence-electron chi connectivity index (χ3n) is 6.94. The number of furan rings is 1. The lowest BCUT2D eigenvalue weighted by atomic mass is 9.60. The first-order chi connectivity index (χ1) is 15.9. The number of fused-ring (bicyclic) bond motifs is 1. The van der Waals surface area contributed by atoms with Crippen LogP contribution in [0.15, 0.2) is 65.3 Å². The molecule has 0 bridgehead atoms. The largest absolute Gasteiger partial charge is 0.459 e. The van der Waals surface area contributed by atoms with Gasteiger partial charge in [-0.1, -0.05) is 53.0 Å². The van der Waals surface area contributed by atoms with E-state index in [2.05, 4.69) is 10.6 Å². The number of amides is 2. The van der Waals surface area contributed by atoms with Gasteiger partial charge in [0.1, 0.15) is 5.54 Å². The molecule has 1 aromatic heterocycles. The number of nitrogens with one attached hydrogen (secondary N) is 2. The standard InChI is InChI=1S/C25H21Cl3N2O3/c26-15-5-3-14(4-6-15)22-18(17-8-7-16(27)12-20(17)28)9-10-25(19(22)13-29-24(25)32)30-23(31)21-2-1-11-33-21/h1-8,11-12,18-19,22H,9-10,13H2,(H,29,32)(H,30,31)/t18-,19-,22-,25-/m0/s1. The van der Waals surface area contributed by atoms with E-state index < -0.39 is 11.4 Å². The van der Waals surface area contributed by atoms with Crippen molar-refractivity contribution >= 4 is 46.6 Å². The number of hydrogen-bond donors (Lipinski definition) is 2. The molecule has 2 N–H and O–H groups in total. The van der Waals surface area contributed by atoms with Gasteiger partial charge in [-0.25, -0.2) is 0 Å². The first-order valence-corrected chi connectivity index (χ1v) is 11.9. The minimum Gasteiger partial charge on any atom is -0.459 e. The fourth-order valence-corrected chi connectivity index (χ4v) is 6.14. The van der Waals surface area contributed by atoms with Crippen LogP contribution in [0.2, 0.25) is 15.1 Å². The summed E-state index contributed by atoms with van der Waals surface area (Å²) < 4.78 is 5.27. The van der Waals surface area contributed by atoms with Gasteiger partial charge in [0.15, 0.2) is 5.76 Å². The summed E-state index contributed by atoms with van der Waals surface area (Å²) in [6, 6.07) is 16.4. The molecule has 2 heterocycles. The van der Waals surface area contributed by atoms with Crippen molar-refractivity contribution in [3.05, 3.63) is 92.8 Å². The Kier molecular flexibility index (Phi) is 5.89. The van der Waals surface area contributed by atoms with Gasteiger partial charge >= 0.3 is 0 Å². The molecular weight excluding hydrogens is 483 g/mol. The molecule has 33 heavy (non-hydrogen) atoms. The molecule has 170 valence electrons. The summed E-state index contributed by atoms with van der Waals surface area (Å²) in [5.74, 6) is -0.663. The second kappa shape index (κ2) is 8.71. The predicted octanol–water partition coefficient (Wildman–Crippen LogP) is 5.82. The molecule has 1 aliphatic heterocycles. The molecule has 0 radical (unpaired) electrons. The van der Waals surface area contributed by atoms with E-state index in [0.717, 1.165) is 11.1 Å². The molecule has 5 rings (SSSR count). The van der Waals surface area contributed by atoms with E-state index in [1.807, 2.05) is 36.4 Å². The van der Waals surface area contributed by atoms with Crippen LogP contribution >= 0.6 is 34.8 Å². The molecule has 2 amide bonds. The van der Waals surface area contributed by atoms with Gasteiger partial charge in [-0.3, -0.25) is 9.59 Å². The number of carbonyl (C=O) groups excluding carboxylic acids is 2. The van der Waals surface area contributed by atoms with Crippen molar-refractivity contribution in [2.75, 3.05) is 6.54 Å². The van der Waals surface area contributed by atoms with Gasteiger partial charge in [0.05, 0.1) is 6.26 Å². The lowest BCUT2D eigenvalue weighted by molar-refractivity contribution is -0.126. The van der Waals surface area contributed by atoms with Gasteiger partial charge in [-0.2, -0.15) is 0 Å². The van der Waals surface area contributed by atoms with Crippen molar-refractivity contribution in [1.82, 2.24) is 10.6 Å². The predicted molar refractivity (Wildman–Crippen MR) is 128 cm³/mol. The fourth-order valence-electron chi connectivity index (χ4n) is 5.46. The highest BCUT2D eigenvalue weighted by Crippen LogP contribution is 2.54. The van der Waals surface area contributed by atoms with E-state index in [4.69, 9.17) is 39.2 Å². The Morgan fingerprint density at radius 3 is 2.52 bits per heavy atom. The molecule has 4 atom stereocenters. The van der Waals surface area contributed by atoms with Crippen molar-refractivity contribution in [3.8, 4) is 0 Å².